The van der Waals surface area contributed by atoms with Crippen LogP contribution in [0.1, 0.15) is 18.5 Å². The van der Waals surface area contributed by atoms with Gasteiger partial charge in [-0.25, -0.2) is 4.98 Å². The molecule has 2 aromatic heterocycles. The Morgan fingerprint density at radius 1 is 1.53 bits per heavy atom. The molecule has 7 heteroatoms. The highest BCUT2D eigenvalue weighted by molar-refractivity contribution is 5.81. The number of aromatic nitrogens is 3. The first kappa shape index (κ1) is 13.3. The first-order chi connectivity index (χ1) is 9.15. The van der Waals surface area contributed by atoms with E-state index in [9.17, 15) is 4.79 Å². The summed E-state index contributed by atoms with van der Waals surface area (Å²) in [5.41, 5.74) is 0. The van der Waals surface area contributed by atoms with Crippen LogP contribution < -0.4 is 10.6 Å². The molecular formula is C12H17N5O2. The largest absolute Gasteiger partial charge is 0.467 e. The summed E-state index contributed by atoms with van der Waals surface area (Å²) in [6.45, 7) is 2.64. The Balaban J connectivity index is 1.73. The minimum Gasteiger partial charge on any atom is -0.467 e. The zero-order valence-electron chi connectivity index (χ0n) is 11.0. The summed E-state index contributed by atoms with van der Waals surface area (Å²) in [5, 5.41) is 9.97. The second-order valence-electron chi connectivity index (χ2n) is 4.23. The van der Waals surface area contributed by atoms with Crippen LogP contribution in [0.15, 0.2) is 29.1 Å². The van der Waals surface area contributed by atoms with Crippen molar-refractivity contribution in [2.45, 2.75) is 26.1 Å². The van der Waals surface area contributed by atoms with E-state index < -0.39 is 0 Å². The second kappa shape index (κ2) is 6.14. The summed E-state index contributed by atoms with van der Waals surface area (Å²) >= 11 is 0. The molecule has 0 aliphatic heterocycles. The van der Waals surface area contributed by atoms with Crippen molar-refractivity contribution in [1.29, 1.82) is 0 Å². The monoisotopic (exact) mass is 263 g/mol. The van der Waals surface area contributed by atoms with Crippen LogP contribution in [0.4, 0.5) is 0 Å². The molecule has 0 fully saturated rings. The quantitative estimate of drug-likeness (QED) is 0.778. The van der Waals surface area contributed by atoms with Crippen LogP contribution in [0, 0.1) is 0 Å². The topological polar surface area (TPSA) is 85.0 Å². The molecule has 1 amide bonds. The highest BCUT2D eigenvalue weighted by atomic mass is 16.3. The molecule has 7 nitrogen and oxygen atoms in total. The van der Waals surface area contributed by atoms with Crippen LogP contribution in [0.2, 0.25) is 0 Å². The molecule has 19 heavy (non-hydrogen) atoms. The zero-order chi connectivity index (χ0) is 13.7. The van der Waals surface area contributed by atoms with Gasteiger partial charge in [0.05, 0.1) is 25.4 Å². The van der Waals surface area contributed by atoms with Gasteiger partial charge in [-0.3, -0.25) is 14.8 Å². The summed E-state index contributed by atoms with van der Waals surface area (Å²) in [6.07, 6.45) is 3.20. The maximum Gasteiger partial charge on any atom is 0.237 e. The standard InChI is InChI=1S/C12H17N5O2/c1-9(13-7-11-15-8-17(2)16-11)12(18)14-6-10-4-3-5-19-10/h3-5,8-9,13H,6-7H2,1-2H3,(H,14,18). The summed E-state index contributed by atoms with van der Waals surface area (Å²) < 4.78 is 6.76. The van der Waals surface area contributed by atoms with E-state index in [1.807, 2.05) is 6.07 Å². The fraction of sp³-hybridized carbons (Fsp3) is 0.417. The van der Waals surface area contributed by atoms with Crippen molar-refractivity contribution >= 4 is 5.91 Å². The van der Waals surface area contributed by atoms with Gasteiger partial charge in [-0.15, -0.1) is 0 Å². The van der Waals surface area contributed by atoms with Crippen LogP contribution in [0.5, 0.6) is 0 Å². The number of rotatable bonds is 6. The molecule has 2 heterocycles. The number of hydrogen-bond donors (Lipinski definition) is 2. The summed E-state index contributed by atoms with van der Waals surface area (Å²) in [4.78, 5) is 15.9. The Labute approximate surface area is 111 Å². The predicted octanol–water partition coefficient (Wildman–Crippen LogP) is 0.203. The van der Waals surface area contributed by atoms with Crippen molar-refractivity contribution in [3.8, 4) is 0 Å². The number of carbonyl (C=O) groups is 1. The van der Waals surface area contributed by atoms with Gasteiger partial charge in [-0.05, 0) is 19.1 Å². The van der Waals surface area contributed by atoms with E-state index >= 15 is 0 Å². The molecule has 0 aromatic carbocycles. The SMILES string of the molecule is CC(NCc1ncn(C)n1)C(=O)NCc1ccco1. The number of carbonyl (C=O) groups excluding carboxylic acids is 1. The van der Waals surface area contributed by atoms with Gasteiger partial charge in [0.2, 0.25) is 5.91 Å². The predicted molar refractivity (Wildman–Crippen MR) is 67.9 cm³/mol. The first-order valence-electron chi connectivity index (χ1n) is 6.03. The number of aryl methyl sites for hydroxylation is 1. The van der Waals surface area contributed by atoms with Crippen LogP contribution in [-0.2, 0) is 24.9 Å². The van der Waals surface area contributed by atoms with Gasteiger partial charge in [0, 0.05) is 7.05 Å². The molecule has 0 radical (unpaired) electrons. The molecule has 2 N–H and O–H groups in total. The van der Waals surface area contributed by atoms with Gasteiger partial charge < -0.3 is 9.73 Å². The molecular weight excluding hydrogens is 246 g/mol. The molecule has 0 aliphatic rings. The minimum atomic E-state index is -0.321. The molecule has 1 unspecified atom stereocenters. The van der Waals surface area contributed by atoms with Gasteiger partial charge >= 0.3 is 0 Å². The zero-order valence-corrected chi connectivity index (χ0v) is 11.0. The van der Waals surface area contributed by atoms with Crippen LogP contribution in [0.25, 0.3) is 0 Å². The van der Waals surface area contributed by atoms with E-state index in [2.05, 4.69) is 20.7 Å². The smallest absolute Gasteiger partial charge is 0.237 e. The molecule has 2 rings (SSSR count). The van der Waals surface area contributed by atoms with E-state index in [1.165, 1.54) is 0 Å². The van der Waals surface area contributed by atoms with Gasteiger partial charge in [0.25, 0.3) is 0 Å². The van der Waals surface area contributed by atoms with Crippen LogP contribution >= 0.6 is 0 Å². The highest BCUT2D eigenvalue weighted by Crippen LogP contribution is 1.99. The lowest BCUT2D eigenvalue weighted by Crippen LogP contribution is -2.41. The van der Waals surface area contributed by atoms with Crippen molar-refractivity contribution in [3.63, 3.8) is 0 Å². The lowest BCUT2D eigenvalue weighted by atomic mass is 10.3. The fourth-order valence-electron chi connectivity index (χ4n) is 1.54. The average Bonchev–Trinajstić information content (AvgIpc) is 3.04. The number of hydrogen-bond acceptors (Lipinski definition) is 5. The summed E-state index contributed by atoms with van der Waals surface area (Å²) in [6, 6.07) is 3.28. The molecule has 0 saturated carbocycles. The molecule has 2 aromatic rings. The van der Waals surface area contributed by atoms with Crippen molar-refractivity contribution in [2.75, 3.05) is 0 Å². The second-order valence-corrected chi connectivity index (χ2v) is 4.23. The average molecular weight is 263 g/mol. The summed E-state index contributed by atoms with van der Waals surface area (Å²) in [7, 11) is 1.80. The van der Waals surface area contributed by atoms with E-state index in [1.54, 1.807) is 37.3 Å². The molecule has 1 atom stereocenters. The number of nitrogens with one attached hydrogen (secondary N) is 2. The molecule has 0 saturated heterocycles. The third-order valence-electron chi connectivity index (χ3n) is 2.62. The van der Waals surface area contributed by atoms with Gasteiger partial charge in [0.1, 0.15) is 12.1 Å². The number of furan rings is 1. The van der Waals surface area contributed by atoms with Crippen molar-refractivity contribution in [1.82, 2.24) is 25.4 Å². The Bertz CT molecular complexity index is 520. The van der Waals surface area contributed by atoms with Crippen LogP contribution in [0.3, 0.4) is 0 Å². The van der Waals surface area contributed by atoms with E-state index in [0.29, 0.717) is 18.9 Å². The van der Waals surface area contributed by atoms with E-state index in [4.69, 9.17) is 4.42 Å². The Morgan fingerprint density at radius 3 is 3.00 bits per heavy atom. The Morgan fingerprint density at radius 2 is 2.37 bits per heavy atom. The van der Waals surface area contributed by atoms with Gasteiger partial charge in [-0.2, -0.15) is 5.10 Å². The third kappa shape index (κ3) is 3.92. The molecule has 0 aliphatic carbocycles. The Hall–Kier alpha value is -2.15. The number of amides is 1. The van der Waals surface area contributed by atoms with Crippen LogP contribution in [-0.4, -0.2) is 26.7 Å². The van der Waals surface area contributed by atoms with Crippen molar-refractivity contribution in [2.24, 2.45) is 7.05 Å². The number of nitrogens with zero attached hydrogens (tertiary/aromatic N) is 3. The molecule has 0 spiro atoms. The maximum absolute atomic E-state index is 11.8. The summed E-state index contributed by atoms with van der Waals surface area (Å²) in [5.74, 6) is 1.30. The first-order valence-corrected chi connectivity index (χ1v) is 6.03. The lowest BCUT2D eigenvalue weighted by Gasteiger charge is -2.12. The van der Waals surface area contributed by atoms with Crippen molar-refractivity contribution in [3.05, 3.63) is 36.3 Å². The van der Waals surface area contributed by atoms with E-state index in [0.717, 1.165) is 5.76 Å². The molecule has 0 bridgehead atoms. The van der Waals surface area contributed by atoms with Gasteiger partial charge in [0.15, 0.2) is 5.82 Å². The maximum atomic E-state index is 11.8. The highest BCUT2D eigenvalue weighted by Gasteiger charge is 2.13. The van der Waals surface area contributed by atoms with E-state index in [-0.39, 0.29) is 11.9 Å². The third-order valence-corrected chi connectivity index (χ3v) is 2.62. The van der Waals surface area contributed by atoms with Crippen molar-refractivity contribution < 1.29 is 9.21 Å². The Kier molecular flexibility index (Phi) is 4.30. The fourth-order valence-corrected chi connectivity index (χ4v) is 1.54. The minimum absolute atomic E-state index is 0.0904. The normalized spacial score (nSPS) is 12.3. The lowest BCUT2D eigenvalue weighted by molar-refractivity contribution is -0.123. The molecule has 102 valence electrons. The van der Waals surface area contributed by atoms with Gasteiger partial charge in [-0.1, -0.05) is 0 Å².